The molecule has 0 saturated carbocycles. The summed E-state index contributed by atoms with van der Waals surface area (Å²) in [7, 11) is 0. The lowest BCUT2D eigenvalue weighted by atomic mass is 10.1. The molecule has 0 heterocycles. The van der Waals surface area contributed by atoms with E-state index in [1.807, 2.05) is 31.2 Å². The highest BCUT2D eigenvalue weighted by atomic mass is 35.5. The molecule has 0 radical (unpaired) electrons. The average molecular weight is 418 g/mol. The normalized spacial score (nSPS) is 10.6. The Morgan fingerprint density at radius 2 is 1.75 bits per heavy atom. The fourth-order valence-electron chi connectivity index (χ4n) is 2.65. The summed E-state index contributed by atoms with van der Waals surface area (Å²) in [5.41, 5.74) is 2.14. The Morgan fingerprint density at radius 3 is 2.43 bits per heavy atom. The van der Waals surface area contributed by atoms with E-state index in [-0.39, 0.29) is 24.9 Å². The van der Waals surface area contributed by atoms with Crippen molar-refractivity contribution in [2.75, 3.05) is 11.5 Å². The zero-order valence-electron chi connectivity index (χ0n) is 15.2. The van der Waals surface area contributed by atoms with Gasteiger partial charge in [0.2, 0.25) is 0 Å². The first-order valence-electron chi connectivity index (χ1n) is 8.62. The van der Waals surface area contributed by atoms with Crippen LogP contribution in [0.15, 0.2) is 66.7 Å². The lowest BCUT2D eigenvalue weighted by Crippen LogP contribution is -2.34. The Labute approximate surface area is 173 Å². The number of hydrogen-bond acceptors (Lipinski definition) is 2. The number of aryl methyl sites for hydroxylation is 1. The molecule has 0 N–H and O–H groups in total. The average Bonchev–Trinajstić information content (AvgIpc) is 2.67. The van der Waals surface area contributed by atoms with Gasteiger partial charge in [-0.3, -0.25) is 4.79 Å². The number of amides is 1. The van der Waals surface area contributed by atoms with Gasteiger partial charge >= 0.3 is 0 Å². The van der Waals surface area contributed by atoms with Crippen molar-refractivity contribution in [1.82, 2.24) is 0 Å². The maximum absolute atomic E-state index is 14.1. The largest absolute Gasteiger partial charge is 0.482 e. The van der Waals surface area contributed by atoms with Crippen LogP contribution >= 0.6 is 23.2 Å². The summed E-state index contributed by atoms with van der Waals surface area (Å²) < 4.78 is 19.7. The Morgan fingerprint density at radius 1 is 1.04 bits per heavy atom. The molecule has 6 heteroatoms. The second-order valence-electron chi connectivity index (χ2n) is 6.27. The van der Waals surface area contributed by atoms with Crippen molar-refractivity contribution in [1.29, 1.82) is 0 Å². The van der Waals surface area contributed by atoms with Crippen LogP contribution in [0.1, 0.15) is 11.1 Å². The number of carbonyl (C=O) groups excluding carboxylic acids is 1. The maximum Gasteiger partial charge on any atom is 0.265 e. The first-order valence-corrected chi connectivity index (χ1v) is 9.38. The van der Waals surface area contributed by atoms with E-state index in [0.29, 0.717) is 27.0 Å². The molecule has 0 atom stereocenters. The van der Waals surface area contributed by atoms with E-state index in [0.717, 1.165) is 5.56 Å². The molecule has 1 amide bonds. The van der Waals surface area contributed by atoms with Gasteiger partial charge < -0.3 is 9.64 Å². The van der Waals surface area contributed by atoms with E-state index in [1.165, 1.54) is 11.0 Å². The molecule has 3 rings (SSSR count). The van der Waals surface area contributed by atoms with Gasteiger partial charge in [-0.2, -0.15) is 0 Å². The molecule has 0 aliphatic heterocycles. The van der Waals surface area contributed by atoms with Gasteiger partial charge in [-0.25, -0.2) is 4.39 Å². The van der Waals surface area contributed by atoms with Crippen LogP contribution in [-0.4, -0.2) is 12.5 Å². The highest BCUT2D eigenvalue weighted by Crippen LogP contribution is 2.28. The summed E-state index contributed by atoms with van der Waals surface area (Å²) in [5.74, 6) is -0.332. The molecule has 3 nitrogen and oxygen atoms in total. The van der Waals surface area contributed by atoms with Gasteiger partial charge in [-0.15, -0.1) is 0 Å². The van der Waals surface area contributed by atoms with Crippen LogP contribution in [0.2, 0.25) is 10.0 Å². The van der Waals surface area contributed by atoms with Crippen molar-refractivity contribution in [2.24, 2.45) is 0 Å². The Balaban J connectivity index is 1.82. The molecule has 0 unspecified atom stereocenters. The van der Waals surface area contributed by atoms with E-state index in [1.54, 1.807) is 36.4 Å². The van der Waals surface area contributed by atoms with Gasteiger partial charge in [0, 0.05) is 16.3 Å². The number of nitrogens with zero attached hydrogens (tertiary/aromatic N) is 1. The highest BCUT2D eigenvalue weighted by molar-refractivity contribution is 6.35. The number of carbonyl (C=O) groups is 1. The summed E-state index contributed by atoms with van der Waals surface area (Å²) in [4.78, 5) is 14.4. The van der Waals surface area contributed by atoms with Crippen LogP contribution in [0.4, 0.5) is 10.1 Å². The SMILES string of the molecule is Cc1ccc(N(Cc2ccccc2F)C(=O)COc2ccc(Cl)cc2Cl)cc1. The van der Waals surface area contributed by atoms with Gasteiger partial charge in [-0.05, 0) is 43.3 Å². The van der Waals surface area contributed by atoms with Crippen molar-refractivity contribution < 1.29 is 13.9 Å². The zero-order valence-corrected chi connectivity index (χ0v) is 16.7. The Kier molecular flexibility index (Phi) is 6.55. The summed E-state index contributed by atoms with van der Waals surface area (Å²) in [6.45, 7) is 1.80. The summed E-state index contributed by atoms with van der Waals surface area (Å²) in [6, 6.07) is 18.6. The molecule has 144 valence electrons. The minimum absolute atomic E-state index is 0.0896. The van der Waals surface area contributed by atoms with Crippen LogP contribution < -0.4 is 9.64 Å². The second kappa shape index (κ2) is 9.09. The molecular weight excluding hydrogens is 400 g/mol. The molecule has 0 aromatic heterocycles. The summed E-state index contributed by atoms with van der Waals surface area (Å²) >= 11 is 12.0. The van der Waals surface area contributed by atoms with Crippen molar-refractivity contribution in [3.8, 4) is 5.75 Å². The fraction of sp³-hybridized carbons (Fsp3) is 0.136. The predicted octanol–water partition coefficient (Wildman–Crippen LogP) is 6.05. The van der Waals surface area contributed by atoms with E-state index in [2.05, 4.69) is 0 Å². The molecule has 0 aliphatic rings. The standard InChI is InChI=1S/C22H18Cl2FNO2/c1-15-6-9-18(10-7-15)26(13-16-4-2-3-5-20(16)25)22(27)14-28-21-11-8-17(23)12-19(21)24/h2-12H,13-14H2,1H3. The van der Waals surface area contributed by atoms with E-state index >= 15 is 0 Å². The van der Waals surface area contributed by atoms with Crippen LogP contribution in [0.25, 0.3) is 0 Å². The summed E-state index contributed by atoms with van der Waals surface area (Å²) in [5, 5.41) is 0.792. The fourth-order valence-corrected chi connectivity index (χ4v) is 3.12. The highest BCUT2D eigenvalue weighted by Gasteiger charge is 2.19. The molecule has 3 aromatic rings. The van der Waals surface area contributed by atoms with Crippen molar-refractivity contribution in [2.45, 2.75) is 13.5 Å². The van der Waals surface area contributed by atoms with Crippen LogP contribution in [0.3, 0.4) is 0 Å². The number of anilines is 1. The van der Waals surface area contributed by atoms with Crippen LogP contribution in [-0.2, 0) is 11.3 Å². The smallest absolute Gasteiger partial charge is 0.265 e. The Hall–Kier alpha value is -2.56. The lowest BCUT2D eigenvalue weighted by Gasteiger charge is -2.23. The first-order chi connectivity index (χ1) is 13.4. The lowest BCUT2D eigenvalue weighted by molar-refractivity contribution is -0.120. The molecule has 0 bridgehead atoms. The molecule has 3 aromatic carbocycles. The number of rotatable bonds is 6. The first kappa shape index (κ1) is 20.2. The molecule has 0 spiro atoms. The Bertz CT molecular complexity index is 977. The van der Waals surface area contributed by atoms with Gasteiger partial charge in [0.25, 0.3) is 5.91 Å². The third kappa shape index (κ3) is 5.03. The van der Waals surface area contributed by atoms with Gasteiger partial charge in [0.15, 0.2) is 6.61 Å². The summed E-state index contributed by atoms with van der Waals surface area (Å²) in [6.07, 6.45) is 0. The minimum atomic E-state index is -0.367. The molecule has 28 heavy (non-hydrogen) atoms. The van der Waals surface area contributed by atoms with Crippen LogP contribution in [0.5, 0.6) is 5.75 Å². The van der Waals surface area contributed by atoms with E-state index in [4.69, 9.17) is 27.9 Å². The van der Waals surface area contributed by atoms with Crippen molar-refractivity contribution in [3.05, 3.63) is 93.7 Å². The van der Waals surface area contributed by atoms with Crippen molar-refractivity contribution >= 4 is 34.8 Å². The quantitative estimate of drug-likeness (QED) is 0.488. The number of ether oxygens (including phenoxy) is 1. The number of halogens is 3. The number of hydrogen-bond donors (Lipinski definition) is 0. The molecular formula is C22H18Cl2FNO2. The van der Waals surface area contributed by atoms with Gasteiger partial charge in [-0.1, -0.05) is 59.1 Å². The second-order valence-corrected chi connectivity index (χ2v) is 7.11. The number of benzene rings is 3. The van der Waals surface area contributed by atoms with Crippen LogP contribution in [0, 0.1) is 12.7 Å². The van der Waals surface area contributed by atoms with E-state index in [9.17, 15) is 9.18 Å². The molecule has 0 aliphatic carbocycles. The minimum Gasteiger partial charge on any atom is -0.482 e. The molecule has 0 fully saturated rings. The predicted molar refractivity (Wildman–Crippen MR) is 111 cm³/mol. The molecule has 0 saturated heterocycles. The topological polar surface area (TPSA) is 29.5 Å². The van der Waals surface area contributed by atoms with Crippen molar-refractivity contribution in [3.63, 3.8) is 0 Å². The van der Waals surface area contributed by atoms with Gasteiger partial charge in [0.05, 0.1) is 11.6 Å². The zero-order chi connectivity index (χ0) is 20.1. The third-order valence-electron chi connectivity index (χ3n) is 4.18. The van der Waals surface area contributed by atoms with E-state index < -0.39 is 0 Å². The third-order valence-corrected chi connectivity index (χ3v) is 4.71. The van der Waals surface area contributed by atoms with Gasteiger partial charge in [0.1, 0.15) is 11.6 Å². The maximum atomic E-state index is 14.1. The monoisotopic (exact) mass is 417 g/mol.